The Labute approximate surface area is 120 Å². The molecule has 0 aromatic carbocycles. The second kappa shape index (κ2) is 6.33. The highest BCUT2D eigenvalue weighted by Gasteiger charge is 2.41. The third-order valence-electron chi connectivity index (χ3n) is 5.08. The van der Waals surface area contributed by atoms with Gasteiger partial charge in [0.1, 0.15) is 0 Å². The van der Waals surface area contributed by atoms with Crippen LogP contribution in [-0.4, -0.2) is 48.1 Å². The van der Waals surface area contributed by atoms with E-state index in [1.54, 1.807) is 0 Å². The molecule has 0 amide bonds. The highest BCUT2D eigenvalue weighted by Crippen LogP contribution is 2.41. The van der Waals surface area contributed by atoms with Crippen molar-refractivity contribution < 1.29 is 14.6 Å². The van der Waals surface area contributed by atoms with Crippen molar-refractivity contribution in [2.24, 2.45) is 11.8 Å². The van der Waals surface area contributed by atoms with E-state index in [1.807, 2.05) is 11.8 Å². The fraction of sp³-hybridized carbons (Fsp3) is 1.00. The Morgan fingerprint density at radius 1 is 1.21 bits per heavy atom. The molecule has 3 aliphatic heterocycles. The van der Waals surface area contributed by atoms with E-state index in [9.17, 15) is 5.11 Å². The van der Waals surface area contributed by atoms with E-state index in [2.05, 4.69) is 0 Å². The van der Waals surface area contributed by atoms with Gasteiger partial charge < -0.3 is 14.6 Å². The summed E-state index contributed by atoms with van der Waals surface area (Å²) in [4.78, 5) is 0. The van der Waals surface area contributed by atoms with Gasteiger partial charge in [-0.05, 0) is 61.9 Å². The first-order valence-electron chi connectivity index (χ1n) is 7.75. The molecule has 0 radical (unpaired) electrons. The van der Waals surface area contributed by atoms with Gasteiger partial charge in [-0.1, -0.05) is 0 Å². The monoisotopic (exact) mass is 286 g/mol. The first-order valence-corrected chi connectivity index (χ1v) is 8.90. The first-order chi connectivity index (χ1) is 9.27. The molecular weight excluding hydrogens is 260 g/mol. The molecule has 1 spiro atoms. The van der Waals surface area contributed by atoms with Gasteiger partial charge in [0, 0.05) is 19.8 Å². The van der Waals surface area contributed by atoms with Crippen LogP contribution < -0.4 is 0 Å². The quantitative estimate of drug-likeness (QED) is 0.865. The molecule has 0 bridgehead atoms. The molecule has 0 saturated carbocycles. The topological polar surface area (TPSA) is 38.7 Å². The average molecular weight is 286 g/mol. The van der Waals surface area contributed by atoms with Gasteiger partial charge in [-0.2, -0.15) is 11.8 Å². The molecule has 3 unspecified atom stereocenters. The molecule has 4 heteroatoms. The Balaban J connectivity index is 1.54. The van der Waals surface area contributed by atoms with Gasteiger partial charge in [0.25, 0.3) is 0 Å². The van der Waals surface area contributed by atoms with E-state index in [0.29, 0.717) is 11.8 Å². The second-order valence-electron chi connectivity index (χ2n) is 6.43. The lowest BCUT2D eigenvalue weighted by atomic mass is 9.77. The van der Waals surface area contributed by atoms with Crippen molar-refractivity contribution in [1.82, 2.24) is 0 Å². The average Bonchev–Trinajstić information content (AvgIpc) is 2.92. The Hall–Kier alpha value is 0.230. The molecule has 0 aromatic heterocycles. The number of aliphatic hydroxyl groups excluding tert-OH is 1. The fourth-order valence-corrected chi connectivity index (χ4v) is 5.03. The summed E-state index contributed by atoms with van der Waals surface area (Å²) >= 11 is 2.04. The Morgan fingerprint density at radius 2 is 2.05 bits per heavy atom. The minimum atomic E-state index is -0.151. The Bertz CT molecular complexity index is 280. The van der Waals surface area contributed by atoms with Gasteiger partial charge in [0.05, 0.1) is 11.7 Å². The molecule has 3 rings (SSSR count). The van der Waals surface area contributed by atoms with Gasteiger partial charge in [-0.15, -0.1) is 0 Å². The summed E-state index contributed by atoms with van der Waals surface area (Å²) in [7, 11) is 0. The van der Waals surface area contributed by atoms with Crippen molar-refractivity contribution in [3.63, 3.8) is 0 Å². The van der Waals surface area contributed by atoms with Gasteiger partial charge in [-0.25, -0.2) is 0 Å². The lowest BCUT2D eigenvalue weighted by molar-refractivity contribution is -0.122. The summed E-state index contributed by atoms with van der Waals surface area (Å²) in [6, 6.07) is 0. The highest BCUT2D eigenvalue weighted by molar-refractivity contribution is 7.99. The summed E-state index contributed by atoms with van der Waals surface area (Å²) in [5.41, 5.74) is 0.0985. The lowest BCUT2D eigenvalue weighted by Crippen LogP contribution is -2.45. The van der Waals surface area contributed by atoms with Crippen molar-refractivity contribution >= 4 is 11.8 Å². The number of hydrogen-bond acceptors (Lipinski definition) is 4. The third kappa shape index (κ3) is 3.46. The molecule has 3 aliphatic rings. The molecule has 3 nitrogen and oxygen atoms in total. The molecule has 3 fully saturated rings. The van der Waals surface area contributed by atoms with Crippen LogP contribution in [0.25, 0.3) is 0 Å². The minimum absolute atomic E-state index is 0.0985. The van der Waals surface area contributed by atoms with E-state index in [4.69, 9.17) is 9.47 Å². The van der Waals surface area contributed by atoms with Crippen LogP contribution in [0.4, 0.5) is 0 Å². The summed E-state index contributed by atoms with van der Waals surface area (Å²) in [6.45, 7) is 2.57. The van der Waals surface area contributed by atoms with Crippen molar-refractivity contribution in [3.8, 4) is 0 Å². The maximum atomic E-state index is 10.5. The van der Waals surface area contributed by atoms with Crippen molar-refractivity contribution in [3.05, 3.63) is 0 Å². The minimum Gasteiger partial charge on any atom is -0.393 e. The van der Waals surface area contributed by atoms with Crippen molar-refractivity contribution in [2.75, 3.05) is 31.3 Å². The second-order valence-corrected chi connectivity index (χ2v) is 7.65. The van der Waals surface area contributed by atoms with E-state index in [1.165, 1.54) is 24.3 Å². The van der Waals surface area contributed by atoms with Gasteiger partial charge >= 0.3 is 0 Å². The van der Waals surface area contributed by atoms with E-state index in [0.717, 1.165) is 45.5 Å². The van der Waals surface area contributed by atoms with Gasteiger partial charge in [0.2, 0.25) is 0 Å². The van der Waals surface area contributed by atoms with Crippen molar-refractivity contribution in [1.29, 1.82) is 0 Å². The molecule has 19 heavy (non-hydrogen) atoms. The standard InChI is InChI=1S/C15H26O3S/c16-14(9-12-1-5-17-11-12)13-2-6-18-15(10-13)3-7-19-8-4-15/h12-14,16H,1-11H2. The normalized spacial score (nSPS) is 36.5. The highest BCUT2D eigenvalue weighted by atomic mass is 32.2. The van der Waals surface area contributed by atoms with Crippen LogP contribution in [0, 0.1) is 11.8 Å². The third-order valence-corrected chi connectivity index (χ3v) is 6.06. The zero-order valence-corrected chi connectivity index (χ0v) is 12.5. The predicted octanol–water partition coefficient (Wildman–Crippen LogP) is 2.47. The molecule has 3 heterocycles. The zero-order chi connectivity index (χ0) is 13.1. The number of aliphatic hydroxyl groups is 1. The van der Waals surface area contributed by atoms with Crippen LogP contribution in [0.15, 0.2) is 0 Å². The van der Waals surface area contributed by atoms with Crippen molar-refractivity contribution in [2.45, 2.75) is 50.2 Å². The molecule has 3 saturated heterocycles. The smallest absolute Gasteiger partial charge is 0.0701 e. The van der Waals surface area contributed by atoms with Gasteiger partial charge in [-0.3, -0.25) is 0 Å². The van der Waals surface area contributed by atoms with Crippen LogP contribution in [-0.2, 0) is 9.47 Å². The predicted molar refractivity (Wildman–Crippen MR) is 77.5 cm³/mol. The number of hydrogen-bond donors (Lipinski definition) is 1. The lowest BCUT2D eigenvalue weighted by Gasteiger charge is -2.44. The van der Waals surface area contributed by atoms with E-state index < -0.39 is 0 Å². The summed E-state index contributed by atoms with van der Waals surface area (Å²) < 4.78 is 11.5. The van der Waals surface area contributed by atoms with Crippen LogP contribution >= 0.6 is 11.8 Å². The molecule has 1 N–H and O–H groups in total. The summed E-state index contributed by atoms with van der Waals surface area (Å²) in [5, 5.41) is 10.5. The Morgan fingerprint density at radius 3 is 2.79 bits per heavy atom. The van der Waals surface area contributed by atoms with Crippen LogP contribution in [0.2, 0.25) is 0 Å². The SMILES string of the molecule is OC(CC1CCOC1)C1CCOC2(CCSCC2)C1. The molecular formula is C15H26O3S. The molecule has 3 atom stereocenters. The molecule has 0 aromatic rings. The first kappa shape index (κ1) is 14.2. The Kier molecular flexibility index (Phi) is 4.73. The molecule has 110 valence electrons. The zero-order valence-electron chi connectivity index (χ0n) is 11.7. The van der Waals surface area contributed by atoms with Crippen LogP contribution in [0.3, 0.4) is 0 Å². The van der Waals surface area contributed by atoms with Crippen LogP contribution in [0.5, 0.6) is 0 Å². The number of ether oxygens (including phenoxy) is 2. The molecule has 0 aliphatic carbocycles. The summed E-state index contributed by atoms with van der Waals surface area (Å²) in [6.07, 6.45) is 6.35. The van der Waals surface area contributed by atoms with Crippen LogP contribution in [0.1, 0.15) is 38.5 Å². The number of rotatable bonds is 3. The number of thioether (sulfide) groups is 1. The van der Waals surface area contributed by atoms with E-state index >= 15 is 0 Å². The maximum Gasteiger partial charge on any atom is 0.0701 e. The largest absolute Gasteiger partial charge is 0.393 e. The summed E-state index contributed by atoms with van der Waals surface area (Å²) in [5.74, 6) is 3.46. The van der Waals surface area contributed by atoms with Gasteiger partial charge in [0.15, 0.2) is 0 Å². The van der Waals surface area contributed by atoms with E-state index in [-0.39, 0.29) is 11.7 Å². The fourth-order valence-electron chi connectivity index (χ4n) is 3.79. The maximum absolute atomic E-state index is 10.5.